The maximum absolute atomic E-state index is 12.4. The Bertz CT molecular complexity index is 449. The van der Waals surface area contributed by atoms with Crippen LogP contribution in [0.15, 0.2) is 12.4 Å². The number of methoxy groups -OCH3 is 1. The Morgan fingerprint density at radius 2 is 2.24 bits per heavy atom. The van der Waals surface area contributed by atoms with E-state index in [-0.39, 0.29) is 5.91 Å². The van der Waals surface area contributed by atoms with Crippen LogP contribution in [-0.2, 0) is 4.74 Å². The molecule has 1 amide bonds. The molecule has 1 saturated heterocycles. The molecule has 1 atom stereocenters. The minimum atomic E-state index is 0.0347. The van der Waals surface area contributed by atoms with Crippen LogP contribution in [0.2, 0.25) is 0 Å². The molecule has 0 bridgehead atoms. The number of nitrogens with one attached hydrogen (secondary N) is 1. The predicted molar refractivity (Wildman–Crippen MR) is 81.3 cm³/mol. The van der Waals surface area contributed by atoms with E-state index in [0.717, 1.165) is 32.5 Å². The lowest BCUT2D eigenvalue weighted by Gasteiger charge is -2.30. The van der Waals surface area contributed by atoms with Crippen LogP contribution >= 0.6 is 0 Å². The van der Waals surface area contributed by atoms with Gasteiger partial charge in [0.25, 0.3) is 5.91 Å². The molecule has 1 aromatic heterocycles. The van der Waals surface area contributed by atoms with Gasteiger partial charge in [-0.3, -0.25) is 4.79 Å². The summed E-state index contributed by atoms with van der Waals surface area (Å²) in [5.74, 6) is 1.16. The van der Waals surface area contributed by atoms with Crippen molar-refractivity contribution in [1.82, 2.24) is 14.9 Å². The fourth-order valence-corrected chi connectivity index (χ4v) is 2.50. The van der Waals surface area contributed by atoms with Gasteiger partial charge in [-0.2, -0.15) is 0 Å². The lowest BCUT2D eigenvalue weighted by atomic mass is 10.00. The van der Waals surface area contributed by atoms with Gasteiger partial charge in [-0.05, 0) is 25.2 Å². The molecule has 1 aliphatic heterocycles. The standard InChI is InChI=1S/C15H24N4O2/c1-12-5-3-7-19(11-12)14(20)13-9-17-15(18-10-13)16-6-4-8-21-2/h9-10,12H,3-8,11H2,1-2H3,(H,16,17,18). The van der Waals surface area contributed by atoms with Gasteiger partial charge in [0.05, 0.1) is 5.56 Å². The molecule has 0 saturated carbocycles. The normalized spacial score (nSPS) is 18.6. The number of likely N-dealkylation sites (tertiary alicyclic amines) is 1. The van der Waals surface area contributed by atoms with Crippen molar-refractivity contribution in [3.8, 4) is 0 Å². The molecule has 2 rings (SSSR count). The summed E-state index contributed by atoms with van der Waals surface area (Å²) >= 11 is 0. The first-order chi connectivity index (χ1) is 10.2. The largest absolute Gasteiger partial charge is 0.385 e. The Hall–Kier alpha value is -1.69. The van der Waals surface area contributed by atoms with E-state index in [1.54, 1.807) is 19.5 Å². The van der Waals surface area contributed by atoms with Crippen molar-refractivity contribution in [3.05, 3.63) is 18.0 Å². The Morgan fingerprint density at radius 1 is 1.48 bits per heavy atom. The van der Waals surface area contributed by atoms with E-state index in [1.807, 2.05) is 4.90 Å². The topological polar surface area (TPSA) is 67.3 Å². The van der Waals surface area contributed by atoms with Gasteiger partial charge in [-0.15, -0.1) is 0 Å². The van der Waals surface area contributed by atoms with Gasteiger partial charge in [-0.25, -0.2) is 9.97 Å². The number of ether oxygens (including phenoxy) is 1. The van der Waals surface area contributed by atoms with E-state index >= 15 is 0 Å². The predicted octanol–water partition coefficient (Wildman–Crippen LogP) is 1.80. The zero-order valence-corrected chi connectivity index (χ0v) is 12.8. The second kappa shape index (κ2) is 7.93. The number of nitrogens with zero attached hydrogens (tertiary/aromatic N) is 3. The van der Waals surface area contributed by atoms with Gasteiger partial charge >= 0.3 is 0 Å². The fourth-order valence-electron chi connectivity index (χ4n) is 2.50. The summed E-state index contributed by atoms with van der Waals surface area (Å²) in [6.07, 6.45) is 6.38. The lowest BCUT2D eigenvalue weighted by molar-refractivity contribution is 0.0682. The number of anilines is 1. The molecule has 6 heteroatoms. The van der Waals surface area contributed by atoms with Crippen molar-refractivity contribution in [2.75, 3.05) is 38.7 Å². The third kappa shape index (κ3) is 4.67. The van der Waals surface area contributed by atoms with Crippen LogP contribution in [0.1, 0.15) is 36.5 Å². The van der Waals surface area contributed by atoms with Crippen LogP contribution < -0.4 is 5.32 Å². The van der Waals surface area contributed by atoms with Crippen molar-refractivity contribution >= 4 is 11.9 Å². The number of carbonyl (C=O) groups is 1. The molecule has 1 fully saturated rings. The van der Waals surface area contributed by atoms with Gasteiger partial charge in [0, 0.05) is 45.7 Å². The Labute approximate surface area is 125 Å². The van der Waals surface area contributed by atoms with Crippen LogP contribution in [0, 0.1) is 5.92 Å². The van der Waals surface area contributed by atoms with Crippen molar-refractivity contribution in [3.63, 3.8) is 0 Å². The Morgan fingerprint density at radius 3 is 2.90 bits per heavy atom. The third-order valence-corrected chi connectivity index (χ3v) is 3.65. The zero-order chi connectivity index (χ0) is 15.1. The molecule has 1 unspecified atom stereocenters. The number of rotatable bonds is 6. The molecule has 0 aliphatic carbocycles. The van der Waals surface area contributed by atoms with Gasteiger partial charge in [0.15, 0.2) is 0 Å². The Kier molecular flexibility index (Phi) is 5.92. The first kappa shape index (κ1) is 15.7. The fraction of sp³-hybridized carbons (Fsp3) is 0.667. The van der Waals surface area contributed by atoms with Gasteiger partial charge < -0.3 is 15.0 Å². The van der Waals surface area contributed by atoms with E-state index < -0.39 is 0 Å². The molecule has 0 spiro atoms. The molecular formula is C15H24N4O2. The number of hydrogen-bond acceptors (Lipinski definition) is 5. The highest BCUT2D eigenvalue weighted by molar-refractivity contribution is 5.93. The summed E-state index contributed by atoms with van der Waals surface area (Å²) in [5, 5.41) is 3.11. The summed E-state index contributed by atoms with van der Waals surface area (Å²) in [6, 6.07) is 0. The summed E-state index contributed by atoms with van der Waals surface area (Å²) < 4.78 is 4.98. The number of carbonyl (C=O) groups excluding carboxylic acids is 1. The van der Waals surface area contributed by atoms with Crippen LogP contribution in [0.4, 0.5) is 5.95 Å². The van der Waals surface area contributed by atoms with Crippen LogP contribution in [-0.4, -0.2) is 54.1 Å². The molecule has 1 aromatic rings. The summed E-state index contributed by atoms with van der Waals surface area (Å²) in [6.45, 7) is 5.31. The SMILES string of the molecule is COCCCNc1ncc(C(=O)N2CCCC(C)C2)cn1. The second-order valence-electron chi connectivity index (χ2n) is 5.57. The lowest BCUT2D eigenvalue weighted by Crippen LogP contribution is -2.39. The molecule has 2 heterocycles. The van der Waals surface area contributed by atoms with Gasteiger partial charge in [0.1, 0.15) is 0 Å². The van der Waals surface area contributed by atoms with Gasteiger partial charge in [-0.1, -0.05) is 6.92 Å². The number of amides is 1. The summed E-state index contributed by atoms with van der Waals surface area (Å²) in [4.78, 5) is 22.7. The average Bonchev–Trinajstić information content (AvgIpc) is 2.51. The first-order valence-electron chi connectivity index (χ1n) is 7.55. The van der Waals surface area contributed by atoms with Crippen molar-refractivity contribution in [1.29, 1.82) is 0 Å². The Balaban J connectivity index is 1.87. The van der Waals surface area contributed by atoms with Crippen molar-refractivity contribution in [2.24, 2.45) is 5.92 Å². The van der Waals surface area contributed by atoms with E-state index in [1.165, 1.54) is 6.42 Å². The van der Waals surface area contributed by atoms with Crippen LogP contribution in [0.5, 0.6) is 0 Å². The quantitative estimate of drug-likeness (QED) is 0.810. The van der Waals surface area contributed by atoms with Crippen LogP contribution in [0.25, 0.3) is 0 Å². The highest BCUT2D eigenvalue weighted by atomic mass is 16.5. The number of hydrogen-bond donors (Lipinski definition) is 1. The monoisotopic (exact) mass is 292 g/mol. The molecule has 1 N–H and O–H groups in total. The molecule has 21 heavy (non-hydrogen) atoms. The zero-order valence-electron chi connectivity index (χ0n) is 12.8. The summed E-state index contributed by atoms with van der Waals surface area (Å²) in [5.41, 5.74) is 0.562. The van der Waals surface area contributed by atoms with E-state index in [4.69, 9.17) is 4.74 Å². The van der Waals surface area contributed by atoms with Crippen molar-refractivity contribution in [2.45, 2.75) is 26.2 Å². The first-order valence-corrected chi connectivity index (χ1v) is 7.55. The highest BCUT2D eigenvalue weighted by Gasteiger charge is 2.22. The molecule has 0 radical (unpaired) electrons. The molecule has 1 aliphatic rings. The number of piperidine rings is 1. The van der Waals surface area contributed by atoms with E-state index in [9.17, 15) is 4.79 Å². The maximum Gasteiger partial charge on any atom is 0.257 e. The molecule has 0 aromatic carbocycles. The van der Waals surface area contributed by atoms with E-state index in [2.05, 4.69) is 22.2 Å². The van der Waals surface area contributed by atoms with E-state index in [0.29, 0.717) is 24.0 Å². The average molecular weight is 292 g/mol. The van der Waals surface area contributed by atoms with Crippen molar-refractivity contribution < 1.29 is 9.53 Å². The second-order valence-corrected chi connectivity index (χ2v) is 5.57. The molecule has 6 nitrogen and oxygen atoms in total. The third-order valence-electron chi connectivity index (χ3n) is 3.65. The minimum Gasteiger partial charge on any atom is -0.385 e. The highest BCUT2D eigenvalue weighted by Crippen LogP contribution is 2.17. The molecule has 116 valence electrons. The van der Waals surface area contributed by atoms with Crippen LogP contribution in [0.3, 0.4) is 0 Å². The maximum atomic E-state index is 12.4. The summed E-state index contributed by atoms with van der Waals surface area (Å²) in [7, 11) is 1.68. The number of aromatic nitrogens is 2. The molecular weight excluding hydrogens is 268 g/mol. The minimum absolute atomic E-state index is 0.0347. The van der Waals surface area contributed by atoms with Gasteiger partial charge in [0.2, 0.25) is 5.95 Å². The smallest absolute Gasteiger partial charge is 0.257 e.